The van der Waals surface area contributed by atoms with Crippen LogP contribution >= 0.6 is 11.6 Å². The van der Waals surface area contributed by atoms with Crippen LogP contribution in [0.2, 0.25) is 5.02 Å². The Hall–Kier alpha value is -2.08. The zero-order valence-electron chi connectivity index (χ0n) is 16.0. The lowest BCUT2D eigenvalue weighted by atomic mass is 9.76. The number of hydrogen-bond donors (Lipinski definition) is 0. The van der Waals surface area contributed by atoms with Gasteiger partial charge in [-0.3, -0.25) is 14.0 Å². The molecule has 4 heterocycles. The molecule has 144 valence electrons. The van der Waals surface area contributed by atoms with Crippen molar-refractivity contribution >= 4 is 29.1 Å². The van der Waals surface area contributed by atoms with E-state index in [-0.39, 0.29) is 23.4 Å². The van der Waals surface area contributed by atoms with E-state index < -0.39 is 0 Å². The quantitative estimate of drug-likeness (QED) is 0.753. The Kier molecular flexibility index (Phi) is 4.41. The number of pyridine rings is 1. The molecule has 6 nitrogen and oxygen atoms in total. The number of imidazole rings is 1. The van der Waals surface area contributed by atoms with E-state index in [1.54, 1.807) is 23.6 Å². The molecule has 0 aliphatic carbocycles. The lowest BCUT2D eigenvalue weighted by molar-refractivity contribution is -0.140. The number of hydrogen-bond acceptors (Lipinski definition) is 3. The maximum Gasteiger partial charge on any atom is 0.273 e. The van der Waals surface area contributed by atoms with Crippen LogP contribution in [0.3, 0.4) is 0 Å². The second-order valence-electron chi connectivity index (χ2n) is 7.91. The number of piperidine rings is 2. The average Bonchev–Trinajstić information content (AvgIpc) is 2.94. The number of halogens is 1. The smallest absolute Gasteiger partial charge is 0.273 e. The molecule has 2 atom stereocenters. The van der Waals surface area contributed by atoms with Crippen LogP contribution < -0.4 is 0 Å². The predicted octanol–water partition coefficient (Wildman–Crippen LogP) is 3.30. The van der Waals surface area contributed by atoms with E-state index in [0.29, 0.717) is 28.6 Å². The molecule has 2 aromatic rings. The Bertz CT molecular complexity index is 924. The largest absolute Gasteiger partial charge is 0.338 e. The first-order valence-corrected chi connectivity index (χ1v) is 9.94. The van der Waals surface area contributed by atoms with Crippen molar-refractivity contribution in [1.29, 1.82) is 0 Å². The first-order valence-electron chi connectivity index (χ1n) is 9.56. The Balaban J connectivity index is 1.77. The predicted molar refractivity (Wildman–Crippen MR) is 104 cm³/mol. The van der Waals surface area contributed by atoms with Crippen LogP contribution in [-0.2, 0) is 4.79 Å². The number of fused-ring (bicyclic) bond motifs is 2. The number of rotatable bonds is 1. The van der Waals surface area contributed by atoms with Crippen molar-refractivity contribution in [2.24, 2.45) is 0 Å². The molecule has 0 spiro atoms. The minimum atomic E-state index is -0.353. The molecule has 2 fully saturated rings. The second kappa shape index (κ2) is 6.51. The fourth-order valence-electron chi connectivity index (χ4n) is 4.98. The van der Waals surface area contributed by atoms with Gasteiger partial charge in [-0.05, 0) is 51.7 Å². The van der Waals surface area contributed by atoms with E-state index >= 15 is 0 Å². The standard InChI is InChI=1S/C20H25ClN4O2/c1-13-18(24-12-15(21)7-8-17(24)22-13)19(27)25-11-4-6-16-20(25,3)9-5-10-23(16)14(2)26/h7-8,12,16H,4-6,9-11H2,1-3H3/t16-,20-/m0/s1. The number of aromatic nitrogens is 2. The van der Waals surface area contributed by atoms with Crippen molar-refractivity contribution in [2.45, 2.75) is 58.0 Å². The van der Waals surface area contributed by atoms with Gasteiger partial charge < -0.3 is 9.80 Å². The highest BCUT2D eigenvalue weighted by atomic mass is 35.5. The first-order chi connectivity index (χ1) is 12.8. The molecule has 2 aliphatic rings. The Morgan fingerprint density at radius 1 is 1.26 bits per heavy atom. The van der Waals surface area contributed by atoms with Crippen molar-refractivity contribution in [3.63, 3.8) is 0 Å². The molecule has 7 heteroatoms. The molecule has 2 aliphatic heterocycles. The topological polar surface area (TPSA) is 57.9 Å². The summed E-state index contributed by atoms with van der Waals surface area (Å²) >= 11 is 6.16. The number of carbonyl (C=O) groups is 2. The summed E-state index contributed by atoms with van der Waals surface area (Å²) in [6, 6.07) is 3.68. The van der Waals surface area contributed by atoms with E-state index in [4.69, 9.17) is 11.6 Å². The molecule has 0 unspecified atom stereocenters. The molecule has 0 saturated carbocycles. The molecular weight excluding hydrogens is 364 g/mol. The van der Waals surface area contributed by atoms with Crippen molar-refractivity contribution < 1.29 is 9.59 Å². The molecule has 4 rings (SSSR count). The molecule has 2 amide bonds. The zero-order valence-corrected chi connectivity index (χ0v) is 16.8. The van der Waals surface area contributed by atoms with Crippen LogP contribution in [0.5, 0.6) is 0 Å². The van der Waals surface area contributed by atoms with Gasteiger partial charge in [0.15, 0.2) is 0 Å². The number of amides is 2. The van der Waals surface area contributed by atoms with E-state index in [1.807, 2.05) is 22.8 Å². The second-order valence-corrected chi connectivity index (χ2v) is 8.35. The van der Waals surface area contributed by atoms with Crippen LogP contribution in [0.15, 0.2) is 18.3 Å². The first kappa shape index (κ1) is 18.3. The van der Waals surface area contributed by atoms with Crippen LogP contribution in [-0.4, -0.2) is 55.7 Å². The third kappa shape index (κ3) is 2.81. The monoisotopic (exact) mass is 388 g/mol. The summed E-state index contributed by atoms with van der Waals surface area (Å²) in [6.45, 7) is 7.10. The third-order valence-corrected chi connectivity index (χ3v) is 6.48. The summed E-state index contributed by atoms with van der Waals surface area (Å²) < 4.78 is 1.79. The van der Waals surface area contributed by atoms with Gasteiger partial charge in [0.25, 0.3) is 5.91 Å². The molecule has 27 heavy (non-hydrogen) atoms. The normalized spacial score (nSPS) is 25.6. The summed E-state index contributed by atoms with van der Waals surface area (Å²) in [5, 5.41) is 0.567. The third-order valence-electron chi connectivity index (χ3n) is 6.26. The summed E-state index contributed by atoms with van der Waals surface area (Å²) in [6.07, 6.45) is 5.40. The van der Waals surface area contributed by atoms with Crippen LogP contribution in [0, 0.1) is 6.92 Å². The van der Waals surface area contributed by atoms with Gasteiger partial charge in [-0.15, -0.1) is 0 Å². The van der Waals surface area contributed by atoms with Gasteiger partial charge >= 0.3 is 0 Å². The number of nitrogens with zero attached hydrogens (tertiary/aromatic N) is 4. The van der Waals surface area contributed by atoms with Crippen molar-refractivity contribution in [2.75, 3.05) is 13.1 Å². The summed E-state index contributed by atoms with van der Waals surface area (Å²) in [5.74, 6) is 0.0675. The van der Waals surface area contributed by atoms with Gasteiger partial charge in [0.05, 0.1) is 22.3 Å². The molecule has 2 aromatic heterocycles. The molecular formula is C20H25ClN4O2. The highest BCUT2D eigenvalue weighted by molar-refractivity contribution is 6.30. The van der Waals surface area contributed by atoms with Gasteiger partial charge in [0, 0.05) is 26.2 Å². The minimum absolute atomic E-state index is 0.0279. The van der Waals surface area contributed by atoms with Crippen molar-refractivity contribution in [3.8, 4) is 0 Å². The van der Waals surface area contributed by atoms with Gasteiger partial charge in [-0.1, -0.05) is 11.6 Å². The highest BCUT2D eigenvalue weighted by Gasteiger charge is 2.50. The van der Waals surface area contributed by atoms with Gasteiger partial charge in [-0.2, -0.15) is 0 Å². The number of likely N-dealkylation sites (tertiary alicyclic amines) is 2. The van der Waals surface area contributed by atoms with Crippen molar-refractivity contribution in [1.82, 2.24) is 19.2 Å². The van der Waals surface area contributed by atoms with Crippen LogP contribution in [0.25, 0.3) is 5.65 Å². The highest BCUT2D eigenvalue weighted by Crippen LogP contribution is 2.40. The van der Waals surface area contributed by atoms with Gasteiger partial charge in [-0.25, -0.2) is 4.98 Å². The molecule has 2 saturated heterocycles. The Morgan fingerprint density at radius 3 is 2.78 bits per heavy atom. The van der Waals surface area contributed by atoms with Gasteiger partial charge in [0.1, 0.15) is 11.3 Å². The summed E-state index contributed by atoms with van der Waals surface area (Å²) in [5.41, 5.74) is 1.63. The van der Waals surface area contributed by atoms with Crippen LogP contribution in [0.4, 0.5) is 0 Å². The SMILES string of the molecule is CC(=O)N1CCC[C@@]2(C)[C@@H]1CCCN2C(=O)c1c(C)nc2ccc(Cl)cn12. The Labute approximate surface area is 164 Å². The summed E-state index contributed by atoms with van der Waals surface area (Å²) in [7, 11) is 0. The molecule has 0 aromatic carbocycles. The van der Waals surface area contributed by atoms with Crippen LogP contribution in [0.1, 0.15) is 55.7 Å². The van der Waals surface area contributed by atoms with Crippen molar-refractivity contribution in [3.05, 3.63) is 34.7 Å². The fourth-order valence-corrected chi connectivity index (χ4v) is 5.14. The zero-order chi connectivity index (χ0) is 19.3. The maximum atomic E-state index is 13.7. The molecule has 0 radical (unpaired) electrons. The Morgan fingerprint density at radius 2 is 2.04 bits per heavy atom. The van der Waals surface area contributed by atoms with E-state index in [2.05, 4.69) is 11.9 Å². The lowest BCUT2D eigenvalue weighted by Crippen LogP contribution is -2.68. The number of carbonyl (C=O) groups excluding carboxylic acids is 2. The number of aryl methyl sites for hydroxylation is 1. The maximum absolute atomic E-state index is 13.7. The average molecular weight is 389 g/mol. The van der Waals surface area contributed by atoms with E-state index in [9.17, 15) is 9.59 Å². The fraction of sp³-hybridized carbons (Fsp3) is 0.550. The molecule has 0 bridgehead atoms. The van der Waals surface area contributed by atoms with E-state index in [1.165, 1.54) is 0 Å². The molecule has 0 N–H and O–H groups in total. The minimum Gasteiger partial charge on any atom is -0.338 e. The summed E-state index contributed by atoms with van der Waals surface area (Å²) in [4.78, 5) is 34.3. The van der Waals surface area contributed by atoms with Gasteiger partial charge in [0.2, 0.25) is 5.91 Å². The lowest BCUT2D eigenvalue weighted by Gasteiger charge is -2.56. The van der Waals surface area contributed by atoms with E-state index in [0.717, 1.165) is 32.2 Å².